The number of likely N-dealkylation sites (tertiary alicyclic amines) is 2. The third-order valence-corrected chi connectivity index (χ3v) is 7.83. The van der Waals surface area contributed by atoms with Crippen LogP contribution >= 0.6 is 11.6 Å². The molecule has 216 valence electrons. The quantitative estimate of drug-likeness (QED) is 0.552. The Hall–Kier alpha value is -3.51. The van der Waals surface area contributed by atoms with Gasteiger partial charge in [0.05, 0.1) is 32.5 Å². The average Bonchev–Trinajstić information content (AvgIpc) is 2.84. The molecule has 1 N–H and O–H groups in total. The predicted molar refractivity (Wildman–Crippen MR) is 152 cm³/mol. The van der Waals surface area contributed by atoms with Crippen molar-refractivity contribution in [2.45, 2.75) is 51.9 Å². The Morgan fingerprint density at radius 2 is 1.77 bits per heavy atom. The number of carbonyl (C=O) groups excluding carboxylic acids is 2. The van der Waals surface area contributed by atoms with Gasteiger partial charge in [0.25, 0.3) is 0 Å². The fourth-order valence-corrected chi connectivity index (χ4v) is 5.66. The minimum atomic E-state index is -0.528. The van der Waals surface area contributed by atoms with Gasteiger partial charge in [-0.3, -0.25) is 14.7 Å². The molecule has 40 heavy (non-hydrogen) atoms. The van der Waals surface area contributed by atoms with E-state index in [0.717, 1.165) is 11.1 Å². The van der Waals surface area contributed by atoms with Crippen molar-refractivity contribution in [3.05, 3.63) is 28.4 Å². The molecule has 4 heterocycles. The number of methoxy groups -OCH3 is 2. The first-order valence-corrected chi connectivity index (χ1v) is 13.6. The summed E-state index contributed by atoms with van der Waals surface area (Å²) in [4.78, 5) is 43.0. The highest BCUT2D eigenvalue weighted by Gasteiger charge is 2.48. The average molecular weight is 574 g/mol. The maximum Gasteiger partial charge on any atom is 0.410 e. The largest absolute Gasteiger partial charge is 0.496 e. The molecule has 0 aliphatic carbocycles. The van der Waals surface area contributed by atoms with E-state index >= 15 is 0 Å². The van der Waals surface area contributed by atoms with E-state index in [1.807, 2.05) is 27.7 Å². The first kappa shape index (κ1) is 28.0. The molecule has 2 saturated heterocycles. The van der Waals surface area contributed by atoms with Crippen molar-refractivity contribution in [1.82, 2.24) is 19.8 Å². The lowest BCUT2D eigenvalue weighted by atomic mass is 9.98. The minimum Gasteiger partial charge on any atom is -0.496 e. The highest BCUT2D eigenvalue weighted by molar-refractivity contribution is 6.36. The highest BCUT2D eigenvalue weighted by Crippen LogP contribution is 2.45. The minimum absolute atomic E-state index is 0.115. The number of fused-ring (bicyclic) bond motifs is 1. The number of benzene rings is 1. The van der Waals surface area contributed by atoms with Crippen LogP contribution in [0, 0.1) is 6.92 Å². The lowest BCUT2D eigenvalue weighted by Crippen LogP contribution is -2.72. The lowest BCUT2D eigenvalue weighted by molar-refractivity contribution is -0.0330. The highest BCUT2D eigenvalue weighted by atomic mass is 35.5. The van der Waals surface area contributed by atoms with E-state index in [-0.39, 0.29) is 30.8 Å². The molecule has 3 amide bonds. The Bertz CT molecular complexity index is 1290. The Morgan fingerprint density at radius 3 is 2.38 bits per heavy atom. The summed E-state index contributed by atoms with van der Waals surface area (Å²) in [7, 11) is 4.84. The first-order valence-electron chi connectivity index (χ1n) is 13.2. The zero-order valence-electron chi connectivity index (χ0n) is 23.9. The van der Waals surface area contributed by atoms with Crippen LogP contribution in [0.15, 0.2) is 12.3 Å². The van der Waals surface area contributed by atoms with Crippen LogP contribution < -0.4 is 24.6 Å². The number of ether oxygens (including phenoxy) is 3. The number of hydrogen-bond donors (Lipinski definition) is 1. The predicted octanol–water partition coefficient (Wildman–Crippen LogP) is 3.75. The molecule has 1 aromatic heterocycles. The normalized spacial score (nSPS) is 18.2. The van der Waals surface area contributed by atoms with Gasteiger partial charge in [0.2, 0.25) is 5.95 Å². The van der Waals surface area contributed by atoms with Crippen molar-refractivity contribution in [2.24, 2.45) is 0 Å². The zero-order chi connectivity index (χ0) is 28.9. The second-order valence-electron chi connectivity index (χ2n) is 11.2. The monoisotopic (exact) mass is 573 g/mol. The molecule has 3 aliphatic heterocycles. The number of nitrogens with zero attached hydrogens (tertiary/aromatic N) is 6. The van der Waals surface area contributed by atoms with E-state index in [1.54, 1.807) is 41.1 Å². The summed E-state index contributed by atoms with van der Waals surface area (Å²) in [5.41, 5.74) is 1.53. The number of carbonyl (C=O) groups is 2. The van der Waals surface area contributed by atoms with Gasteiger partial charge < -0.3 is 24.4 Å². The summed E-state index contributed by atoms with van der Waals surface area (Å²) in [6.07, 6.45) is 1.44. The van der Waals surface area contributed by atoms with Crippen LogP contribution in [-0.2, 0) is 11.3 Å². The Kier molecular flexibility index (Phi) is 7.34. The Balaban J connectivity index is 1.39. The fraction of sp³-hybridized carbons (Fsp3) is 0.556. The van der Waals surface area contributed by atoms with Crippen LogP contribution in [0.25, 0.3) is 0 Å². The second kappa shape index (κ2) is 10.5. The van der Waals surface area contributed by atoms with E-state index < -0.39 is 5.60 Å². The molecule has 12 nitrogen and oxygen atoms in total. The molecular weight excluding hydrogens is 538 g/mol. The van der Waals surface area contributed by atoms with Crippen LogP contribution in [0.4, 0.5) is 27.0 Å². The van der Waals surface area contributed by atoms with E-state index in [1.165, 1.54) is 7.11 Å². The number of halogens is 1. The van der Waals surface area contributed by atoms with Crippen LogP contribution in [0.1, 0.15) is 31.9 Å². The van der Waals surface area contributed by atoms with Gasteiger partial charge in [-0.05, 0) is 27.7 Å². The number of nitrogens with one attached hydrogen (secondary N) is 1. The van der Waals surface area contributed by atoms with Crippen molar-refractivity contribution in [3.63, 3.8) is 0 Å². The fourth-order valence-electron chi connectivity index (χ4n) is 5.28. The van der Waals surface area contributed by atoms with Crippen LogP contribution in [-0.4, -0.2) is 97.0 Å². The standard InChI is InChI=1S/C27H36ClN7O5/c1-15-19(38-6)8-20(39-7)21(28)22(15)34-10-16-9-30-24(29-5)31-23(16)35(25(34)36)18-13-32(14-18)17-11-33(12-17)26(37)40-27(2,3)4/h8-9,17-18H,10-14H2,1-7H3,(H,29,30,31). The molecule has 0 radical (unpaired) electrons. The molecule has 0 bridgehead atoms. The van der Waals surface area contributed by atoms with Gasteiger partial charge in [0.15, 0.2) is 0 Å². The number of hydrogen-bond acceptors (Lipinski definition) is 9. The van der Waals surface area contributed by atoms with Crippen molar-refractivity contribution in [2.75, 3.05) is 62.6 Å². The van der Waals surface area contributed by atoms with Crippen LogP contribution in [0.5, 0.6) is 11.5 Å². The van der Waals surface area contributed by atoms with Crippen LogP contribution in [0.3, 0.4) is 0 Å². The molecule has 1 aromatic carbocycles. The summed E-state index contributed by atoms with van der Waals surface area (Å²) in [6, 6.07) is 1.59. The molecule has 0 saturated carbocycles. The van der Waals surface area contributed by atoms with Crippen molar-refractivity contribution < 1.29 is 23.8 Å². The summed E-state index contributed by atoms with van der Waals surface area (Å²) in [5.74, 6) is 2.00. The maximum atomic E-state index is 14.2. The summed E-state index contributed by atoms with van der Waals surface area (Å²) in [6.45, 7) is 10.2. The number of rotatable bonds is 6. The molecule has 13 heteroatoms. The van der Waals surface area contributed by atoms with Crippen LogP contribution in [0.2, 0.25) is 5.02 Å². The van der Waals surface area contributed by atoms with E-state index in [0.29, 0.717) is 60.2 Å². The SMILES string of the molecule is CNc1ncc2c(n1)N(C1CN(C3CN(C(=O)OC(C)(C)C)C3)C1)C(=O)N(c1c(C)c(OC)cc(OC)c1Cl)C2. The van der Waals surface area contributed by atoms with Gasteiger partial charge in [-0.15, -0.1) is 0 Å². The molecule has 3 aliphatic rings. The van der Waals surface area contributed by atoms with E-state index in [4.69, 9.17) is 25.8 Å². The number of aromatic nitrogens is 2. The molecule has 2 fully saturated rings. The first-order chi connectivity index (χ1) is 18.9. The summed E-state index contributed by atoms with van der Waals surface area (Å²) >= 11 is 6.78. The van der Waals surface area contributed by atoms with Crippen molar-refractivity contribution in [1.29, 1.82) is 0 Å². The summed E-state index contributed by atoms with van der Waals surface area (Å²) < 4.78 is 16.5. The molecule has 0 unspecified atom stereocenters. The van der Waals surface area contributed by atoms with E-state index in [2.05, 4.69) is 20.2 Å². The summed E-state index contributed by atoms with van der Waals surface area (Å²) in [5, 5.41) is 3.30. The maximum absolute atomic E-state index is 14.2. The van der Waals surface area contributed by atoms with Gasteiger partial charge >= 0.3 is 12.1 Å². The molecule has 0 spiro atoms. The van der Waals surface area contributed by atoms with Gasteiger partial charge in [0, 0.05) is 62.7 Å². The smallest absolute Gasteiger partial charge is 0.410 e. The van der Waals surface area contributed by atoms with Gasteiger partial charge in [-0.2, -0.15) is 4.98 Å². The number of amides is 3. The Labute approximate surface area is 239 Å². The second-order valence-corrected chi connectivity index (χ2v) is 11.6. The number of urea groups is 1. The van der Waals surface area contributed by atoms with E-state index in [9.17, 15) is 9.59 Å². The van der Waals surface area contributed by atoms with Crippen molar-refractivity contribution in [3.8, 4) is 11.5 Å². The van der Waals surface area contributed by atoms with Gasteiger partial charge in [-0.1, -0.05) is 11.6 Å². The lowest BCUT2D eigenvalue weighted by Gasteiger charge is -2.54. The Morgan fingerprint density at radius 1 is 1.10 bits per heavy atom. The third-order valence-electron chi connectivity index (χ3n) is 7.47. The molecular formula is C27H36ClN7O5. The molecule has 2 aromatic rings. The topological polar surface area (TPSA) is 113 Å². The van der Waals surface area contributed by atoms with Gasteiger partial charge in [-0.25, -0.2) is 14.6 Å². The van der Waals surface area contributed by atoms with Gasteiger partial charge in [0.1, 0.15) is 27.9 Å². The third kappa shape index (κ3) is 4.94. The molecule has 0 atom stereocenters. The van der Waals surface area contributed by atoms with Crippen molar-refractivity contribution >= 4 is 41.2 Å². The number of anilines is 3. The molecule has 5 rings (SSSR count). The zero-order valence-corrected chi connectivity index (χ0v) is 24.7.